The summed E-state index contributed by atoms with van der Waals surface area (Å²) >= 11 is 0. The van der Waals surface area contributed by atoms with Crippen LogP contribution in [0, 0.1) is 0 Å². The highest BCUT2D eigenvalue weighted by atomic mass is 19.4. The second-order valence-corrected chi connectivity index (χ2v) is 3.05. The van der Waals surface area contributed by atoms with Gasteiger partial charge in [0.15, 0.2) is 6.10 Å². The van der Waals surface area contributed by atoms with E-state index < -0.39 is 18.9 Å². The van der Waals surface area contributed by atoms with Crippen molar-refractivity contribution in [3.63, 3.8) is 0 Å². The van der Waals surface area contributed by atoms with Gasteiger partial charge in [-0.2, -0.15) is 13.2 Å². The van der Waals surface area contributed by atoms with E-state index in [1.54, 1.807) is 17.8 Å². The van der Waals surface area contributed by atoms with Crippen molar-refractivity contribution in [3.8, 4) is 0 Å². The van der Waals surface area contributed by atoms with E-state index in [1.807, 2.05) is 0 Å². The van der Waals surface area contributed by atoms with Crippen LogP contribution < -0.4 is 0 Å². The molecule has 1 unspecified atom stereocenters. The average Bonchev–Trinajstić information content (AvgIpc) is 2.50. The van der Waals surface area contributed by atoms with Gasteiger partial charge < -0.3 is 14.4 Å². The van der Waals surface area contributed by atoms with Crippen LogP contribution in [0.15, 0.2) is 12.5 Å². The maximum absolute atomic E-state index is 12.1. The molecule has 4 nitrogen and oxygen atoms in total. The highest BCUT2D eigenvalue weighted by Gasteiger charge is 2.40. The summed E-state index contributed by atoms with van der Waals surface area (Å²) in [6, 6.07) is 0. The Kier molecular flexibility index (Phi) is 3.70. The lowest BCUT2D eigenvalue weighted by Crippen LogP contribution is -2.34. The molecule has 0 spiro atoms. The molecule has 0 bridgehead atoms. The number of rotatable bonds is 4. The van der Waals surface area contributed by atoms with Crippen molar-refractivity contribution in [3.05, 3.63) is 18.2 Å². The second kappa shape index (κ2) is 4.63. The monoisotopic (exact) mass is 224 g/mol. The summed E-state index contributed by atoms with van der Waals surface area (Å²) in [7, 11) is 1.70. The van der Waals surface area contributed by atoms with E-state index in [0.29, 0.717) is 5.69 Å². The molecule has 0 aliphatic carbocycles. The Morgan fingerprint density at radius 3 is 2.67 bits per heavy atom. The van der Waals surface area contributed by atoms with Gasteiger partial charge in [-0.05, 0) is 0 Å². The number of alkyl halides is 3. The molecule has 0 saturated carbocycles. The fraction of sp³-hybridized carbons (Fsp3) is 0.625. The molecule has 1 aromatic heterocycles. The number of aromatic nitrogens is 2. The fourth-order valence-electron chi connectivity index (χ4n) is 0.978. The number of imidazole rings is 1. The van der Waals surface area contributed by atoms with Crippen LogP contribution in [-0.4, -0.2) is 33.5 Å². The number of halogens is 3. The van der Waals surface area contributed by atoms with E-state index in [4.69, 9.17) is 5.11 Å². The first kappa shape index (κ1) is 12.0. The second-order valence-electron chi connectivity index (χ2n) is 3.05. The smallest absolute Gasteiger partial charge is 0.393 e. The molecule has 0 saturated heterocycles. The minimum Gasteiger partial charge on any atom is -0.393 e. The Labute approximate surface area is 84.3 Å². The maximum Gasteiger partial charge on any atom is 0.416 e. The first-order valence-corrected chi connectivity index (χ1v) is 4.19. The van der Waals surface area contributed by atoms with E-state index in [1.165, 1.54) is 6.33 Å². The van der Waals surface area contributed by atoms with E-state index in [9.17, 15) is 13.2 Å². The zero-order chi connectivity index (χ0) is 11.5. The van der Waals surface area contributed by atoms with Crippen molar-refractivity contribution >= 4 is 0 Å². The maximum atomic E-state index is 12.1. The van der Waals surface area contributed by atoms with Gasteiger partial charge in [0.2, 0.25) is 0 Å². The number of nitrogens with zero attached hydrogens (tertiary/aromatic N) is 2. The number of ether oxygens (including phenoxy) is 1. The zero-order valence-electron chi connectivity index (χ0n) is 8.03. The summed E-state index contributed by atoms with van der Waals surface area (Å²) < 4.78 is 42.5. The lowest BCUT2D eigenvalue weighted by atomic mass is 10.3. The Morgan fingerprint density at radius 2 is 2.27 bits per heavy atom. The molecule has 1 aromatic rings. The van der Waals surface area contributed by atoms with Gasteiger partial charge in [-0.1, -0.05) is 0 Å². The van der Waals surface area contributed by atoms with Gasteiger partial charge in [0.1, 0.15) is 0 Å². The van der Waals surface area contributed by atoms with Gasteiger partial charge in [-0.3, -0.25) is 0 Å². The summed E-state index contributed by atoms with van der Waals surface area (Å²) in [4.78, 5) is 3.79. The molecule has 0 aliphatic heterocycles. The van der Waals surface area contributed by atoms with Crippen molar-refractivity contribution < 1.29 is 23.0 Å². The summed E-state index contributed by atoms with van der Waals surface area (Å²) in [5.41, 5.74) is 0.389. The number of hydrogen-bond acceptors (Lipinski definition) is 3. The van der Waals surface area contributed by atoms with Crippen molar-refractivity contribution in [2.75, 3.05) is 6.61 Å². The predicted octanol–water partition coefficient (Wildman–Crippen LogP) is 0.860. The third kappa shape index (κ3) is 3.52. The molecule has 0 aliphatic rings. The lowest BCUT2D eigenvalue weighted by molar-refractivity contribution is -0.233. The van der Waals surface area contributed by atoms with Gasteiger partial charge in [0, 0.05) is 13.2 Å². The van der Waals surface area contributed by atoms with Gasteiger partial charge in [0.05, 0.1) is 25.2 Å². The van der Waals surface area contributed by atoms with Gasteiger partial charge in [0.25, 0.3) is 0 Å². The Balaban J connectivity index is 2.48. The Morgan fingerprint density at radius 1 is 1.60 bits per heavy atom. The normalized spacial score (nSPS) is 14.2. The van der Waals surface area contributed by atoms with Crippen LogP contribution in [0.3, 0.4) is 0 Å². The molecule has 1 atom stereocenters. The van der Waals surface area contributed by atoms with E-state index in [-0.39, 0.29) is 6.61 Å². The van der Waals surface area contributed by atoms with Crippen LogP contribution >= 0.6 is 0 Å². The molecule has 15 heavy (non-hydrogen) atoms. The van der Waals surface area contributed by atoms with Gasteiger partial charge in [-0.25, -0.2) is 4.98 Å². The number of aliphatic hydroxyl groups is 1. The molecule has 1 heterocycles. The summed E-state index contributed by atoms with van der Waals surface area (Å²) in [6.45, 7) is -1.36. The van der Waals surface area contributed by atoms with Crippen LogP contribution in [0.1, 0.15) is 5.69 Å². The number of aliphatic hydroxyl groups excluding tert-OH is 1. The largest absolute Gasteiger partial charge is 0.416 e. The molecule has 1 N–H and O–H groups in total. The topological polar surface area (TPSA) is 47.3 Å². The van der Waals surface area contributed by atoms with Gasteiger partial charge >= 0.3 is 6.18 Å². The molecule has 0 amide bonds. The summed E-state index contributed by atoms with van der Waals surface area (Å²) in [5.74, 6) is 0. The minimum atomic E-state index is -4.55. The molecule has 0 aromatic carbocycles. The number of aryl methyl sites for hydroxylation is 1. The number of hydrogen-bond donors (Lipinski definition) is 1. The third-order valence-corrected chi connectivity index (χ3v) is 1.72. The zero-order valence-corrected chi connectivity index (χ0v) is 8.03. The van der Waals surface area contributed by atoms with Crippen LogP contribution in [0.25, 0.3) is 0 Å². The lowest BCUT2D eigenvalue weighted by Gasteiger charge is -2.17. The van der Waals surface area contributed by atoms with Crippen LogP contribution in [0.5, 0.6) is 0 Å². The quantitative estimate of drug-likeness (QED) is 0.825. The fourth-order valence-corrected chi connectivity index (χ4v) is 0.978. The first-order chi connectivity index (χ1) is 6.93. The summed E-state index contributed by atoms with van der Waals surface area (Å²) in [6.07, 6.45) is -3.70. The van der Waals surface area contributed by atoms with E-state index >= 15 is 0 Å². The van der Waals surface area contributed by atoms with Gasteiger partial charge in [-0.15, -0.1) is 0 Å². The van der Waals surface area contributed by atoms with Crippen LogP contribution in [0.4, 0.5) is 13.2 Å². The Hall–Kier alpha value is -1.08. The third-order valence-electron chi connectivity index (χ3n) is 1.72. The first-order valence-electron chi connectivity index (χ1n) is 4.19. The molecule has 86 valence electrons. The minimum absolute atomic E-state index is 0.272. The molecule has 1 rings (SSSR count). The van der Waals surface area contributed by atoms with Crippen LogP contribution in [-0.2, 0) is 18.4 Å². The predicted molar refractivity (Wildman–Crippen MR) is 44.9 cm³/mol. The Bertz CT molecular complexity index is 311. The van der Waals surface area contributed by atoms with Crippen molar-refractivity contribution in [1.29, 1.82) is 0 Å². The molecular weight excluding hydrogens is 213 g/mol. The van der Waals surface area contributed by atoms with Crippen LogP contribution in [0.2, 0.25) is 0 Å². The summed E-state index contributed by atoms with van der Waals surface area (Å²) in [5, 5.41) is 8.47. The highest BCUT2D eigenvalue weighted by Crippen LogP contribution is 2.23. The standard InChI is InChI=1S/C8H11F3N2O2/c1-13-2-6(12-5-13)4-15-7(3-14)8(9,10)11/h2,5,7,14H,3-4H2,1H3. The van der Waals surface area contributed by atoms with E-state index in [0.717, 1.165) is 0 Å². The molecular formula is C8H11F3N2O2. The van der Waals surface area contributed by atoms with Crippen molar-refractivity contribution in [2.45, 2.75) is 18.9 Å². The molecule has 0 radical (unpaired) electrons. The average molecular weight is 224 g/mol. The highest BCUT2D eigenvalue weighted by molar-refractivity contribution is 4.94. The van der Waals surface area contributed by atoms with E-state index in [2.05, 4.69) is 9.72 Å². The van der Waals surface area contributed by atoms with Crippen molar-refractivity contribution in [2.24, 2.45) is 7.05 Å². The SMILES string of the molecule is Cn1cnc(COC(CO)C(F)(F)F)c1. The van der Waals surface area contributed by atoms with Crippen molar-refractivity contribution in [1.82, 2.24) is 9.55 Å². The molecule has 7 heteroatoms. The molecule has 0 fully saturated rings.